The summed E-state index contributed by atoms with van der Waals surface area (Å²) in [5.74, 6) is 0. The Kier molecular flexibility index (Phi) is 3.15. The Morgan fingerprint density at radius 1 is 1.41 bits per heavy atom. The first kappa shape index (κ1) is 11.7. The summed E-state index contributed by atoms with van der Waals surface area (Å²) < 4.78 is 0. The Hall–Kier alpha value is -1.81. The second-order valence-electron chi connectivity index (χ2n) is 4.29. The van der Waals surface area contributed by atoms with Crippen LogP contribution >= 0.6 is 0 Å². The molecule has 4 nitrogen and oxygen atoms in total. The number of hydrogen-bond donors (Lipinski definition) is 3. The number of benzene rings is 1. The van der Waals surface area contributed by atoms with Gasteiger partial charge in [-0.15, -0.1) is 0 Å². The average Bonchev–Trinajstić information content (AvgIpc) is 2.61. The predicted molar refractivity (Wildman–Crippen MR) is 63.8 cm³/mol. The number of carboxylic acid groups (broad SMARTS) is 1. The van der Waals surface area contributed by atoms with Crippen molar-refractivity contribution in [3.8, 4) is 0 Å². The summed E-state index contributed by atoms with van der Waals surface area (Å²) in [5.41, 5.74) is 0.0968. The van der Waals surface area contributed by atoms with E-state index in [1.807, 2.05) is 36.4 Å². The molecule has 1 aliphatic rings. The van der Waals surface area contributed by atoms with Crippen molar-refractivity contribution < 1.29 is 15.0 Å². The Bertz CT molecular complexity index is 430. The first-order valence-corrected chi connectivity index (χ1v) is 5.53. The van der Waals surface area contributed by atoms with Gasteiger partial charge in [-0.25, -0.2) is 4.79 Å². The standard InChI is InChI=1S/C13H15NO3/c15-11-7-4-8-13(11,14-12(16)17)9-10-5-2-1-3-6-10/h1-6,8,11,14-15H,7,9H2,(H,16,17)/t11-,13+/m1/s1. The molecule has 3 N–H and O–H groups in total. The fraction of sp³-hybridized carbons (Fsp3) is 0.308. The van der Waals surface area contributed by atoms with Gasteiger partial charge in [-0.05, 0) is 12.0 Å². The number of nitrogens with one attached hydrogen (secondary N) is 1. The van der Waals surface area contributed by atoms with Crippen molar-refractivity contribution in [1.82, 2.24) is 5.32 Å². The lowest BCUT2D eigenvalue weighted by Crippen LogP contribution is -2.54. The maximum atomic E-state index is 10.8. The van der Waals surface area contributed by atoms with Gasteiger partial charge in [0.25, 0.3) is 0 Å². The second kappa shape index (κ2) is 4.59. The van der Waals surface area contributed by atoms with Crippen molar-refractivity contribution in [2.75, 3.05) is 0 Å². The third-order valence-corrected chi connectivity index (χ3v) is 3.05. The molecule has 2 rings (SSSR count). The summed E-state index contributed by atoms with van der Waals surface area (Å²) in [6.07, 6.45) is 2.66. The second-order valence-corrected chi connectivity index (χ2v) is 4.29. The Labute approximate surface area is 99.6 Å². The normalized spacial score (nSPS) is 27.0. The van der Waals surface area contributed by atoms with Gasteiger partial charge < -0.3 is 15.5 Å². The third kappa shape index (κ3) is 2.47. The minimum absolute atomic E-state index is 0.456. The van der Waals surface area contributed by atoms with Gasteiger partial charge in [0, 0.05) is 6.42 Å². The van der Waals surface area contributed by atoms with Gasteiger partial charge in [0.05, 0.1) is 11.6 Å². The number of carbonyl (C=O) groups is 1. The van der Waals surface area contributed by atoms with E-state index in [1.165, 1.54) is 0 Å². The van der Waals surface area contributed by atoms with Crippen LogP contribution in [-0.4, -0.2) is 27.9 Å². The molecule has 0 aromatic heterocycles. The molecular formula is C13H15NO3. The van der Waals surface area contributed by atoms with Crippen LogP contribution in [0.5, 0.6) is 0 Å². The summed E-state index contributed by atoms with van der Waals surface area (Å²) in [6.45, 7) is 0. The molecule has 0 spiro atoms. The molecule has 17 heavy (non-hydrogen) atoms. The first-order chi connectivity index (χ1) is 8.12. The van der Waals surface area contributed by atoms with Crippen LogP contribution in [0.3, 0.4) is 0 Å². The molecule has 90 valence electrons. The Morgan fingerprint density at radius 2 is 2.12 bits per heavy atom. The monoisotopic (exact) mass is 233 g/mol. The Balaban J connectivity index is 2.23. The molecular weight excluding hydrogens is 218 g/mol. The predicted octanol–water partition coefficient (Wildman–Crippen LogP) is 1.56. The average molecular weight is 233 g/mol. The zero-order chi connectivity index (χ0) is 12.3. The first-order valence-electron chi connectivity index (χ1n) is 5.53. The lowest BCUT2D eigenvalue weighted by atomic mass is 9.88. The Morgan fingerprint density at radius 3 is 2.65 bits per heavy atom. The van der Waals surface area contributed by atoms with E-state index >= 15 is 0 Å². The molecule has 0 heterocycles. The van der Waals surface area contributed by atoms with E-state index in [-0.39, 0.29) is 0 Å². The van der Waals surface area contributed by atoms with Crippen LogP contribution < -0.4 is 5.32 Å². The van der Waals surface area contributed by atoms with Crippen molar-refractivity contribution in [3.63, 3.8) is 0 Å². The van der Waals surface area contributed by atoms with E-state index in [2.05, 4.69) is 5.32 Å². The summed E-state index contributed by atoms with van der Waals surface area (Å²) in [7, 11) is 0. The summed E-state index contributed by atoms with van der Waals surface area (Å²) >= 11 is 0. The maximum Gasteiger partial charge on any atom is 0.405 e. The molecule has 1 aromatic carbocycles. The van der Waals surface area contributed by atoms with Crippen LogP contribution in [0.1, 0.15) is 12.0 Å². The van der Waals surface area contributed by atoms with E-state index in [0.717, 1.165) is 5.56 Å². The fourth-order valence-corrected chi connectivity index (χ4v) is 2.21. The highest BCUT2D eigenvalue weighted by Gasteiger charge is 2.39. The highest BCUT2D eigenvalue weighted by molar-refractivity contribution is 5.66. The van der Waals surface area contributed by atoms with Crippen molar-refractivity contribution in [3.05, 3.63) is 48.0 Å². The molecule has 0 fully saturated rings. The molecule has 0 saturated carbocycles. The highest BCUT2D eigenvalue weighted by atomic mass is 16.4. The molecule has 0 unspecified atom stereocenters. The quantitative estimate of drug-likeness (QED) is 0.694. The van der Waals surface area contributed by atoms with Gasteiger partial charge in [-0.2, -0.15) is 0 Å². The van der Waals surface area contributed by atoms with Crippen LogP contribution in [0, 0.1) is 0 Å². The molecule has 2 atom stereocenters. The number of aliphatic hydroxyl groups excluding tert-OH is 1. The molecule has 4 heteroatoms. The molecule has 1 aromatic rings. The molecule has 0 aliphatic heterocycles. The minimum Gasteiger partial charge on any atom is -0.465 e. The van der Waals surface area contributed by atoms with Crippen LogP contribution in [-0.2, 0) is 6.42 Å². The fourth-order valence-electron chi connectivity index (χ4n) is 2.21. The van der Waals surface area contributed by atoms with E-state index in [0.29, 0.717) is 12.8 Å². The molecule has 1 aliphatic carbocycles. The van der Waals surface area contributed by atoms with Gasteiger partial charge in [-0.3, -0.25) is 0 Å². The van der Waals surface area contributed by atoms with Crippen LogP contribution in [0.25, 0.3) is 0 Å². The summed E-state index contributed by atoms with van der Waals surface area (Å²) in [6, 6.07) is 9.54. The van der Waals surface area contributed by atoms with E-state index in [9.17, 15) is 9.90 Å². The van der Waals surface area contributed by atoms with Crippen molar-refractivity contribution in [2.45, 2.75) is 24.5 Å². The van der Waals surface area contributed by atoms with Crippen LogP contribution in [0.4, 0.5) is 4.79 Å². The lowest BCUT2D eigenvalue weighted by molar-refractivity contribution is 0.0953. The van der Waals surface area contributed by atoms with Crippen LogP contribution in [0.15, 0.2) is 42.5 Å². The smallest absolute Gasteiger partial charge is 0.405 e. The SMILES string of the molecule is O=C(O)N[C@]1(Cc2ccccc2)C=CC[C@H]1O. The van der Waals surface area contributed by atoms with Crippen molar-refractivity contribution in [2.24, 2.45) is 0 Å². The molecule has 1 amide bonds. The zero-order valence-electron chi connectivity index (χ0n) is 9.34. The third-order valence-electron chi connectivity index (χ3n) is 3.05. The number of amides is 1. The van der Waals surface area contributed by atoms with Gasteiger partial charge in [-0.1, -0.05) is 42.5 Å². The lowest BCUT2D eigenvalue weighted by Gasteiger charge is -2.31. The number of rotatable bonds is 3. The van der Waals surface area contributed by atoms with Gasteiger partial charge >= 0.3 is 6.09 Å². The van der Waals surface area contributed by atoms with Gasteiger partial charge in [0.15, 0.2) is 0 Å². The zero-order valence-corrected chi connectivity index (χ0v) is 9.34. The topological polar surface area (TPSA) is 69.6 Å². The van der Waals surface area contributed by atoms with Crippen molar-refractivity contribution >= 4 is 6.09 Å². The summed E-state index contributed by atoms with van der Waals surface area (Å²) in [5, 5.41) is 21.3. The van der Waals surface area contributed by atoms with Crippen molar-refractivity contribution in [1.29, 1.82) is 0 Å². The molecule has 0 bridgehead atoms. The molecule has 0 radical (unpaired) electrons. The van der Waals surface area contributed by atoms with Crippen LogP contribution in [0.2, 0.25) is 0 Å². The van der Waals surface area contributed by atoms with E-state index < -0.39 is 17.7 Å². The number of aliphatic hydroxyl groups is 1. The van der Waals surface area contributed by atoms with Gasteiger partial charge in [0.1, 0.15) is 0 Å². The number of hydrogen-bond acceptors (Lipinski definition) is 2. The largest absolute Gasteiger partial charge is 0.465 e. The highest BCUT2D eigenvalue weighted by Crippen LogP contribution is 2.27. The summed E-state index contributed by atoms with van der Waals surface area (Å²) in [4.78, 5) is 10.8. The molecule has 0 saturated heterocycles. The van der Waals surface area contributed by atoms with Gasteiger partial charge in [0.2, 0.25) is 0 Å². The minimum atomic E-state index is -1.12. The van der Waals surface area contributed by atoms with E-state index in [4.69, 9.17) is 5.11 Å². The van der Waals surface area contributed by atoms with E-state index in [1.54, 1.807) is 6.08 Å². The maximum absolute atomic E-state index is 10.8.